The van der Waals surface area contributed by atoms with Gasteiger partial charge in [0.05, 0.1) is 6.42 Å². The van der Waals surface area contributed by atoms with Gasteiger partial charge in [-0.15, -0.1) is 0 Å². The summed E-state index contributed by atoms with van der Waals surface area (Å²) in [6, 6.07) is 5.74. The van der Waals surface area contributed by atoms with Crippen molar-refractivity contribution < 1.29 is 14.3 Å². The fourth-order valence-electron chi connectivity index (χ4n) is 1.54. The molecule has 2 unspecified atom stereocenters. The Kier molecular flexibility index (Phi) is 3.80. The van der Waals surface area contributed by atoms with E-state index >= 15 is 0 Å². The highest BCUT2D eigenvalue weighted by Crippen LogP contribution is 2.24. The number of carboxylic acid groups (broad SMARTS) is 1. The van der Waals surface area contributed by atoms with Gasteiger partial charge in [0.15, 0.2) is 0 Å². The number of rotatable bonds is 4. The maximum absolute atomic E-state index is 13.4. The van der Waals surface area contributed by atoms with E-state index in [1.165, 1.54) is 6.07 Å². The zero-order valence-corrected chi connectivity index (χ0v) is 8.48. The molecule has 15 heavy (non-hydrogen) atoms. The van der Waals surface area contributed by atoms with Crippen LogP contribution in [0.4, 0.5) is 4.39 Å². The number of carboxylic acids is 1. The molecule has 1 rings (SSSR count). The van der Waals surface area contributed by atoms with Gasteiger partial charge in [-0.3, -0.25) is 4.79 Å². The van der Waals surface area contributed by atoms with Gasteiger partial charge in [-0.25, -0.2) is 4.39 Å². The molecule has 0 bridgehead atoms. The van der Waals surface area contributed by atoms with Crippen LogP contribution in [0.25, 0.3) is 0 Å². The Balaban J connectivity index is 2.99. The van der Waals surface area contributed by atoms with Crippen molar-refractivity contribution in [2.75, 3.05) is 0 Å². The van der Waals surface area contributed by atoms with E-state index in [9.17, 15) is 9.18 Å². The molecule has 3 N–H and O–H groups in total. The number of aliphatic carboxylic acids is 1. The molecular formula is C11H14FNO2. The average molecular weight is 211 g/mol. The van der Waals surface area contributed by atoms with Crippen molar-refractivity contribution >= 4 is 5.97 Å². The van der Waals surface area contributed by atoms with Gasteiger partial charge in [-0.1, -0.05) is 18.2 Å². The first-order valence-corrected chi connectivity index (χ1v) is 4.74. The maximum Gasteiger partial charge on any atom is 0.304 e. The number of hydrogen-bond donors (Lipinski definition) is 2. The number of hydrogen-bond acceptors (Lipinski definition) is 2. The molecule has 0 fully saturated rings. The first-order valence-electron chi connectivity index (χ1n) is 4.74. The van der Waals surface area contributed by atoms with Crippen molar-refractivity contribution in [1.82, 2.24) is 0 Å². The van der Waals surface area contributed by atoms with Crippen LogP contribution in [0.2, 0.25) is 0 Å². The van der Waals surface area contributed by atoms with Gasteiger partial charge in [0.1, 0.15) is 5.82 Å². The van der Waals surface area contributed by atoms with E-state index in [1.54, 1.807) is 25.1 Å². The van der Waals surface area contributed by atoms with E-state index in [2.05, 4.69) is 0 Å². The van der Waals surface area contributed by atoms with Crippen LogP contribution in [0.3, 0.4) is 0 Å². The zero-order chi connectivity index (χ0) is 11.4. The molecule has 0 aliphatic rings. The smallest absolute Gasteiger partial charge is 0.304 e. The van der Waals surface area contributed by atoms with Gasteiger partial charge in [0, 0.05) is 12.0 Å². The Bertz CT molecular complexity index is 352. The van der Waals surface area contributed by atoms with E-state index < -0.39 is 23.7 Å². The summed E-state index contributed by atoms with van der Waals surface area (Å²) in [5.41, 5.74) is 6.03. The minimum absolute atomic E-state index is 0.154. The van der Waals surface area contributed by atoms with Gasteiger partial charge >= 0.3 is 5.97 Å². The number of benzene rings is 1. The lowest BCUT2D eigenvalue weighted by Gasteiger charge is -2.19. The molecule has 1 aromatic rings. The normalized spacial score (nSPS) is 14.6. The fraction of sp³-hybridized carbons (Fsp3) is 0.364. The Labute approximate surface area is 87.7 Å². The summed E-state index contributed by atoms with van der Waals surface area (Å²) >= 11 is 0. The SMILES string of the molecule is CC(N)C(CC(=O)O)c1ccccc1F. The predicted molar refractivity (Wildman–Crippen MR) is 55.0 cm³/mol. The van der Waals surface area contributed by atoms with Crippen molar-refractivity contribution in [3.8, 4) is 0 Å². The summed E-state index contributed by atoms with van der Waals surface area (Å²) in [7, 11) is 0. The Hall–Kier alpha value is -1.42. The number of nitrogens with two attached hydrogens (primary N) is 1. The van der Waals surface area contributed by atoms with E-state index in [0.29, 0.717) is 5.56 Å². The molecule has 3 nitrogen and oxygen atoms in total. The van der Waals surface area contributed by atoms with Crippen molar-refractivity contribution in [2.45, 2.75) is 25.3 Å². The third-order valence-electron chi connectivity index (χ3n) is 2.33. The van der Waals surface area contributed by atoms with Crippen molar-refractivity contribution in [3.05, 3.63) is 35.6 Å². The average Bonchev–Trinajstić information content (AvgIpc) is 2.15. The predicted octanol–water partition coefficient (Wildman–Crippen LogP) is 1.73. The molecule has 0 amide bonds. The van der Waals surface area contributed by atoms with Gasteiger partial charge in [-0.05, 0) is 18.6 Å². The molecule has 0 spiro atoms. The lowest BCUT2D eigenvalue weighted by Crippen LogP contribution is -2.27. The third-order valence-corrected chi connectivity index (χ3v) is 2.33. The standard InChI is InChI=1S/C11H14FNO2/c1-7(13)9(6-11(14)15)8-4-2-3-5-10(8)12/h2-5,7,9H,6,13H2,1H3,(H,14,15). The van der Waals surface area contributed by atoms with Gasteiger partial charge in [0.2, 0.25) is 0 Å². The fourth-order valence-corrected chi connectivity index (χ4v) is 1.54. The first kappa shape index (κ1) is 11.7. The summed E-state index contributed by atoms with van der Waals surface area (Å²) < 4.78 is 13.4. The van der Waals surface area contributed by atoms with Crippen LogP contribution >= 0.6 is 0 Å². The minimum atomic E-state index is -0.972. The van der Waals surface area contributed by atoms with Gasteiger partial charge in [-0.2, -0.15) is 0 Å². The summed E-state index contributed by atoms with van der Waals surface area (Å²) in [5.74, 6) is -1.86. The van der Waals surface area contributed by atoms with E-state index in [4.69, 9.17) is 10.8 Å². The van der Waals surface area contributed by atoms with Crippen LogP contribution in [0.5, 0.6) is 0 Å². The zero-order valence-electron chi connectivity index (χ0n) is 8.48. The molecule has 0 aliphatic carbocycles. The second-order valence-corrected chi connectivity index (χ2v) is 3.58. The van der Waals surface area contributed by atoms with Crippen LogP contribution in [0.1, 0.15) is 24.8 Å². The van der Waals surface area contributed by atoms with Crippen LogP contribution in [-0.4, -0.2) is 17.1 Å². The first-order chi connectivity index (χ1) is 7.02. The van der Waals surface area contributed by atoms with E-state index in [1.807, 2.05) is 0 Å². The molecular weight excluding hydrogens is 197 g/mol. The highest BCUT2D eigenvalue weighted by molar-refractivity contribution is 5.68. The van der Waals surface area contributed by atoms with Gasteiger partial charge < -0.3 is 10.8 Å². The second-order valence-electron chi connectivity index (χ2n) is 3.58. The Morgan fingerprint density at radius 2 is 2.13 bits per heavy atom. The summed E-state index contributed by atoms with van der Waals surface area (Å²) in [5, 5.41) is 8.71. The van der Waals surface area contributed by atoms with Crippen LogP contribution < -0.4 is 5.73 Å². The molecule has 0 saturated heterocycles. The molecule has 82 valence electrons. The van der Waals surface area contributed by atoms with E-state index in [-0.39, 0.29) is 6.42 Å². The van der Waals surface area contributed by atoms with Gasteiger partial charge in [0.25, 0.3) is 0 Å². The molecule has 0 heterocycles. The quantitative estimate of drug-likeness (QED) is 0.797. The molecule has 4 heteroatoms. The van der Waals surface area contributed by atoms with Crippen LogP contribution in [0, 0.1) is 5.82 Å². The number of halogens is 1. The van der Waals surface area contributed by atoms with Crippen molar-refractivity contribution in [2.24, 2.45) is 5.73 Å². The monoisotopic (exact) mass is 211 g/mol. The molecule has 2 atom stereocenters. The maximum atomic E-state index is 13.4. The van der Waals surface area contributed by atoms with Crippen molar-refractivity contribution in [1.29, 1.82) is 0 Å². The molecule has 0 aliphatic heterocycles. The summed E-state index contributed by atoms with van der Waals surface area (Å²) in [6.07, 6.45) is -0.154. The number of carbonyl (C=O) groups is 1. The largest absolute Gasteiger partial charge is 0.481 e. The van der Waals surface area contributed by atoms with Crippen LogP contribution in [-0.2, 0) is 4.79 Å². The van der Waals surface area contributed by atoms with E-state index in [0.717, 1.165) is 0 Å². The molecule has 0 aromatic heterocycles. The minimum Gasteiger partial charge on any atom is -0.481 e. The Morgan fingerprint density at radius 1 is 1.53 bits per heavy atom. The summed E-state index contributed by atoms with van der Waals surface area (Å²) in [6.45, 7) is 1.68. The Morgan fingerprint density at radius 3 is 2.60 bits per heavy atom. The second kappa shape index (κ2) is 4.89. The van der Waals surface area contributed by atoms with Crippen molar-refractivity contribution in [3.63, 3.8) is 0 Å². The molecule has 0 radical (unpaired) electrons. The summed E-state index contributed by atoms with van der Waals surface area (Å²) in [4.78, 5) is 10.6. The highest BCUT2D eigenvalue weighted by Gasteiger charge is 2.22. The van der Waals surface area contributed by atoms with Crippen LogP contribution in [0.15, 0.2) is 24.3 Å². The highest BCUT2D eigenvalue weighted by atomic mass is 19.1. The lowest BCUT2D eigenvalue weighted by atomic mass is 9.89. The molecule has 1 aromatic carbocycles. The topological polar surface area (TPSA) is 63.3 Å². The lowest BCUT2D eigenvalue weighted by molar-refractivity contribution is -0.137. The molecule has 0 saturated carbocycles. The third kappa shape index (κ3) is 3.02.